The number of methoxy groups -OCH3 is 1. The smallest absolute Gasteiger partial charge is 0.130 e. The molecule has 140 valence electrons. The van der Waals surface area contributed by atoms with Crippen molar-refractivity contribution >= 4 is 22.3 Å². The van der Waals surface area contributed by atoms with E-state index in [1.165, 1.54) is 0 Å². The van der Waals surface area contributed by atoms with Gasteiger partial charge in [-0.25, -0.2) is 4.98 Å². The Balaban J connectivity index is 1.50. The molecule has 0 bridgehead atoms. The minimum absolute atomic E-state index is 0.265. The Labute approximate surface area is 159 Å². The summed E-state index contributed by atoms with van der Waals surface area (Å²) in [6, 6.07) is 16.3. The van der Waals surface area contributed by atoms with E-state index in [0.29, 0.717) is 6.04 Å². The Morgan fingerprint density at radius 1 is 0.926 bits per heavy atom. The SMILES string of the molecule is COc1ccc(Nc2cc3cc(O[C@H]4CC[C@@H](N)CC4)ccc3cn2)cc1. The standard InChI is InChI=1S/C22H25N3O2/c1-26-19-10-5-18(6-11-19)25-22-13-16-12-21(7-2-15(16)14-24-22)27-20-8-3-17(23)4-9-20/h2,5-7,10-14,17,20H,3-4,8-9,23H2,1H3,(H,24,25)/t17-,20+. The van der Waals surface area contributed by atoms with Crippen molar-refractivity contribution < 1.29 is 9.47 Å². The van der Waals surface area contributed by atoms with Gasteiger partial charge in [0.05, 0.1) is 13.2 Å². The minimum Gasteiger partial charge on any atom is -0.497 e. The second-order valence-electron chi connectivity index (χ2n) is 7.09. The molecule has 1 heterocycles. The Hall–Kier alpha value is -2.79. The average Bonchev–Trinajstić information content (AvgIpc) is 2.70. The van der Waals surface area contributed by atoms with E-state index in [1.54, 1.807) is 7.11 Å². The van der Waals surface area contributed by atoms with Crippen molar-refractivity contribution in [1.29, 1.82) is 0 Å². The molecule has 3 aromatic rings. The third kappa shape index (κ3) is 4.31. The first-order valence-corrected chi connectivity index (χ1v) is 9.43. The Bertz CT molecular complexity index is 903. The van der Waals surface area contributed by atoms with Gasteiger partial charge in [0, 0.05) is 23.3 Å². The van der Waals surface area contributed by atoms with Crippen molar-refractivity contribution in [3.8, 4) is 11.5 Å². The van der Waals surface area contributed by atoms with Gasteiger partial charge in [-0.2, -0.15) is 0 Å². The molecule has 1 saturated carbocycles. The molecule has 1 aliphatic carbocycles. The fraction of sp³-hybridized carbons (Fsp3) is 0.318. The van der Waals surface area contributed by atoms with Crippen LogP contribution in [-0.2, 0) is 0 Å². The van der Waals surface area contributed by atoms with Crippen LogP contribution in [0.5, 0.6) is 11.5 Å². The average molecular weight is 363 g/mol. The first kappa shape index (κ1) is 17.6. The summed E-state index contributed by atoms with van der Waals surface area (Å²) in [6.07, 6.45) is 6.28. The summed E-state index contributed by atoms with van der Waals surface area (Å²) in [5.41, 5.74) is 6.95. The maximum Gasteiger partial charge on any atom is 0.130 e. The molecule has 0 saturated heterocycles. The van der Waals surface area contributed by atoms with Crippen molar-refractivity contribution in [2.24, 2.45) is 5.73 Å². The molecule has 0 aliphatic heterocycles. The fourth-order valence-electron chi connectivity index (χ4n) is 3.48. The molecule has 5 nitrogen and oxygen atoms in total. The van der Waals surface area contributed by atoms with Crippen LogP contribution in [0, 0.1) is 0 Å². The number of fused-ring (bicyclic) bond motifs is 1. The van der Waals surface area contributed by atoms with Crippen LogP contribution < -0.4 is 20.5 Å². The second kappa shape index (κ2) is 7.84. The van der Waals surface area contributed by atoms with E-state index in [4.69, 9.17) is 15.2 Å². The highest BCUT2D eigenvalue weighted by molar-refractivity contribution is 5.85. The van der Waals surface area contributed by atoms with Gasteiger partial charge in [0.15, 0.2) is 0 Å². The van der Waals surface area contributed by atoms with E-state index < -0.39 is 0 Å². The summed E-state index contributed by atoms with van der Waals surface area (Å²) in [7, 11) is 1.66. The van der Waals surface area contributed by atoms with Gasteiger partial charge in [0.2, 0.25) is 0 Å². The lowest BCUT2D eigenvalue weighted by atomic mass is 9.94. The summed E-state index contributed by atoms with van der Waals surface area (Å²) in [5.74, 6) is 2.54. The number of pyridine rings is 1. The number of anilines is 2. The van der Waals surface area contributed by atoms with Crippen molar-refractivity contribution in [2.75, 3.05) is 12.4 Å². The zero-order valence-corrected chi connectivity index (χ0v) is 15.5. The number of nitrogens with zero attached hydrogens (tertiary/aromatic N) is 1. The van der Waals surface area contributed by atoms with E-state index in [0.717, 1.165) is 59.5 Å². The quantitative estimate of drug-likeness (QED) is 0.691. The number of ether oxygens (including phenoxy) is 2. The van der Waals surface area contributed by atoms with Crippen LogP contribution in [0.15, 0.2) is 54.7 Å². The van der Waals surface area contributed by atoms with Gasteiger partial charge < -0.3 is 20.5 Å². The van der Waals surface area contributed by atoms with Gasteiger partial charge in [-0.05, 0) is 79.6 Å². The van der Waals surface area contributed by atoms with Crippen molar-refractivity contribution in [1.82, 2.24) is 4.98 Å². The molecule has 5 heteroatoms. The lowest BCUT2D eigenvalue weighted by molar-refractivity contribution is 0.147. The first-order chi connectivity index (χ1) is 13.2. The maximum absolute atomic E-state index is 6.19. The van der Waals surface area contributed by atoms with E-state index in [2.05, 4.69) is 22.4 Å². The molecule has 0 spiro atoms. The van der Waals surface area contributed by atoms with Gasteiger partial charge in [-0.3, -0.25) is 0 Å². The topological polar surface area (TPSA) is 69.4 Å². The van der Waals surface area contributed by atoms with Crippen molar-refractivity contribution in [3.63, 3.8) is 0 Å². The van der Waals surface area contributed by atoms with Gasteiger partial charge in [0.25, 0.3) is 0 Å². The van der Waals surface area contributed by atoms with Gasteiger partial charge >= 0.3 is 0 Å². The molecule has 2 aromatic carbocycles. The third-order valence-corrected chi connectivity index (χ3v) is 5.08. The van der Waals surface area contributed by atoms with Gasteiger partial charge in [-0.15, -0.1) is 0 Å². The number of nitrogens with one attached hydrogen (secondary N) is 1. The highest BCUT2D eigenvalue weighted by atomic mass is 16.5. The molecule has 27 heavy (non-hydrogen) atoms. The molecular weight excluding hydrogens is 338 g/mol. The van der Waals surface area contributed by atoms with E-state index in [-0.39, 0.29) is 6.10 Å². The minimum atomic E-state index is 0.265. The maximum atomic E-state index is 6.19. The largest absolute Gasteiger partial charge is 0.497 e. The number of benzene rings is 2. The van der Waals surface area contributed by atoms with Gasteiger partial charge in [-0.1, -0.05) is 0 Å². The highest BCUT2D eigenvalue weighted by Gasteiger charge is 2.19. The third-order valence-electron chi connectivity index (χ3n) is 5.08. The summed E-state index contributed by atoms with van der Waals surface area (Å²) in [4.78, 5) is 4.50. The summed E-state index contributed by atoms with van der Waals surface area (Å²) < 4.78 is 11.4. The second-order valence-corrected chi connectivity index (χ2v) is 7.09. The lowest BCUT2D eigenvalue weighted by Crippen LogP contribution is -2.31. The number of aromatic nitrogens is 1. The fourth-order valence-corrected chi connectivity index (χ4v) is 3.48. The van der Waals surface area contributed by atoms with Crippen molar-refractivity contribution in [2.45, 2.75) is 37.8 Å². The zero-order valence-electron chi connectivity index (χ0n) is 15.5. The number of rotatable bonds is 5. The summed E-state index contributed by atoms with van der Waals surface area (Å²) >= 11 is 0. The molecule has 3 N–H and O–H groups in total. The lowest BCUT2D eigenvalue weighted by Gasteiger charge is -2.26. The number of hydrogen-bond acceptors (Lipinski definition) is 5. The van der Waals surface area contributed by atoms with E-state index >= 15 is 0 Å². The molecule has 1 aliphatic rings. The van der Waals surface area contributed by atoms with Crippen LogP contribution in [0.25, 0.3) is 10.8 Å². The molecule has 0 unspecified atom stereocenters. The molecule has 0 atom stereocenters. The van der Waals surface area contributed by atoms with Crippen LogP contribution in [0.3, 0.4) is 0 Å². The summed E-state index contributed by atoms with van der Waals surface area (Å²) in [5, 5.41) is 5.53. The number of hydrogen-bond donors (Lipinski definition) is 2. The normalized spacial score (nSPS) is 19.6. The first-order valence-electron chi connectivity index (χ1n) is 9.43. The van der Waals surface area contributed by atoms with Crippen LogP contribution in [0.2, 0.25) is 0 Å². The Morgan fingerprint density at radius 3 is 2.41 bits per heavy atom. The van der Waals surface area contributed by atoms with Crippen molar-refractivity contribution in [3.05, 3.63) is 54.7 Å². The monoisotopic (exact) mass is 363 g/mol. The molecule has 0 radical (unpaired) electrons. The van der Waals surface area contributed by atoms with Crippen LogP contribution in [0.1, 0.15) is 25.7 Å². The predicted octanol–water partition coefficient (Wildman–Crippen LogP) is 4.64. The Morgan fingerprint density at radius 2 is 1.67 bits per heavy atom. The van der Waals surface area contributed by atoms with E-state index in [9.17, 15) is 0 Å². The highest BCUT2D eigenvalue weighted by Crippen LogP contribution is 2.28. The Kier molecular flexibility index (Phi) is 5.12. The molecule has 4 rings (SSSR count). The molecular formula is C22H25N3O2. The molecule has 1 fully saturated rings. The van der Waals surface area contributed by atoms with Gasteiger partial charge in [0.1, 0.15) is 17.3 Å². The molecule has 0 amide bonds. The van der Waals surface area contributed by atoms with Crippen LogP contribution >= 0.6 is 0 Å². The summed E-state index contributed by atoms with van der Waals surface area (Å²) in [6.45, 7) is 0. The van der Waals surface area contributed by atoms with E-state index in [1.807, 2.05) is 42.6 Å². The predicted molar refractivity (Wildman–Crippen MR) is 109 cm³/mol. The number of nitrogens with two attached hydrogens (primary N) is 1. The zero-order chi connectivity index (χ0) is 18.6. The molecule has 1 aromatic heterocycles. The van der Waals surface area contributed by atoms with Crippen LogP contribution in [-0.4, -0.2) is 24.2 Å². The van der Waals surface area contributed by atoms with Crippen LogP contribution in [0.4, 0.5) is 11.5 Å².